The first-order valence-corrected chi connectivity index (χ1v) is 7.06. The lowest BCUT2D eigenvalue weighted by atomic mass is 10.2. The van der Waals surface area contributed by atoms with Crippen LogP contribution in [0.25, 0.3) is 0 Å². The number of carbonyl (C=O) groups excluding carboxylic acids is 1. The van der Waals surface area contributed by atoms with Crippen molar-refractivity contribution in [2.24, 2.45) is 0 Å². The van der Waals surface area contributed by atoms with Gasteiger partial charge in [-0.05, 0) is 13.8 Å². The van der Waals surface area contributed by atoms with Crippen LogP contribution < -0.4 is 5.32 Å². The summed E-state index contributed by atoms with van der Waals surface area (Å²) in [6.45, 7) is 3.86. The minimum Gasteiger partial charge on any atom is -0.481 e. The van der Waals surface area contributed by atoms with Crippen molar-refractivity contribution >= 4 is 29.6 Å². The Kier molecular flexibility index (Phi) is 6.15. The van der Waals surface area contributed by atoms with Gasteiger partial charge in [0.05, 0.1) is 12.2 Å². The fraction of sp³-hybridized carbons (Fsp3) is 0.545. The molecule has 21 heavy (non-hydrogen) atoms. The van der Waals surface area contributed by atoms with Gasteiger partial charge in [0, 0.05) is 6.04 Å². The van der Waals surface area contributed by atoms with Gasteiger partial charge in [-0.25, -0.2) is 4.79 Å². The lowest BCUT2D eigenvalue weighted by Crippen LogP contribution is -2.43. The molecule has 1 aromatic heterocycles. The molecule has 0 fully saturated rings. The van der Waals surface area contributed by atoms with Crippen LogP contribution in [0.3, 0.4) is 0 Å². The molecule has 1 aromatic rings. The zero-order valence-corrected chi connectivity index (χ0v) is 12.3. The molecule has 116 valence electrons. The second-order valence-corrected chi connectivity index (χ2v) is 5.40. The molecule has 0 spiro atoms. The van der Waals surface area contributed by atoms with E-state index in [1.165, 1.54) is 6.33 Å². The van der Waals surface area contributed by atoms with Gasteiger partial charge < -0.3 is 20.1 Å². The summed E-state index contributed by atoms with van der Waals surface area (Å²) in [4.78, 5) is 33.0. The summed E-state index contributed by atoms with van der Waals surface area (Å²) in [5.41, 5.74) is 0. The molecule has 1 rings (SSSR count). The Bertz CT molecular complexity index is 530. The van der Waals surface area contributed by atoms with E-state index in [9.17, 15) is 14.4 Å². The highest BCUT2D eigenvalue weighted by Crippen LogP contribution is 2.18. The lowest BCUT2D eigenvalue weighted by Gasteiger charge is -2.12. The number of carbonyl (C=O) groups is 3. The van der Waals surface area contributed by atoms with Crippen molar-refractivity contribution in [2.75, 3.05) is 5.75 Å². The van der Waals surface area contributed by atoms with Crippen molar-refractivity contribution in [1.82, 2.24) is 20.1 Å². The summed E-state index contributed by atoms with van der Waals surface area (Å²) in [5.74, 6) is -3.34. The number of hydrogen-bond donors (Lipinski definition) is 3. The van der Waals surface area contributed by atoms with Gasteiger partial charge in [-0.1, -0.05) is 11.8 Å². The van der Waals surface area contributed by atoms with Crippen LogP contribution in [0, 0.1) is 0 Å². The van der Waals surface area contributed by atoms with Gasteiger partial charge in [-0.15, -0.1) is 10.2 Å². The van der Waals surface area contributed by atoms with Crippen LogP contribution in [-0.4, -0.2) is 54.6 Å². The fourth-order valence-corrected chi connectivity index (χ4v) is 2.29. The Labute approximate surface area is 124 Å². The zero-order valence-electron chi connectivity index (χ0n) is 11.5. The van der Waals surface area contributed by atoms with Gasteiger partial charge in [0.2, 0.25) is 5.91 Å². The first kappa shape index (κ1) is 17.0. The van der Waals surface area contributed by atoms with E-state index in [-0.39, 0.29) is 11.8 Å². The number of nitrogens with zero attached hydrogens (tertiary/aromatic N) is 3. The maximum Gasteiger partial charge on any atom is 0.326 e. The molecule has 10 heteroatoms. The number of nitrogens with one attached hydrogen (secondary N) is 1. The molecule has 0 saturated carbocycles. The molecule has 0 aliphatic carbocycles. The van der Waals surface area contributed by atoms with Gasteiger partial charge >= 0.3 is 11.9 Å². The van der Waals surface area contributed by atoms with Crippen LogP contribution in [0.15, 0.2) is 11.5 Å². The maximum absolute atomic E-state index is 11.7. The quantitative estimate of drug-likeness (QED) is 0.570. The Balaban J connectivity index is 2.55. The summed E-state index contributed by atoms with van der Waals surface area (Å²) in [7, 11) is 0. The van der Waals surface area contributed by atoms with Crippen molar-refractivity contribution in [3.8, 4) is 0 Å². The number of rotatable bonds is 8. The molecular weight excluding hydrogens is 300 g/mol. The first-order valence-electron chi connectivity index (χ1n) is 6.07. The van der Waals surface area contributed by atoms with Crippen LogP contribution in [0.2, 0.25) is 0 Å². The van der Waals surface area contributed by atoms with Gasteiger partial charge in [0.1, 0.15) is 12.4 Å². The number of hydrogen-bond acceptors (Lipinski definition) is 6. The Morgan fingerprint density at radius 2 is 2.05 bits per heavy atom. The SMILES string of the molecule is CC(C)n1cnnc1SCC(=O)NC(CC(=O)O)C(=O)O. The molecular formula is C11H16N4O5S. The molecule has 0 aromatic carbocycles. The second-order valence-electron chi connectivity index (χ2n) is 4.46. The van der Waals surface area contributed by atoms with Crippen molar-refractivity contribution in [2.45, 2.75) is 37.5 Å². The van der Waals surface area contributed by atoms with Crippen molar-refractivity contribution in [3.05, 3.63) is 6.33 Å². The molecule has 3 N–H and O–H groups in total. The van der Waals surface area contributed by atoms with E-state index in [2.05, 4.69) is 15.5 Å². The number of amides is 1. The number of carboxylic acids is 2. The average Bonchev–Trinajstić information content (AvgIpc) is 2.83. The normalized spacial score (nSPS) is 12.1. The van der Waals surface area contributed by atoms with Crippen LogP contribution in [0.5, 0.6) is 0 Å². The molecule has 1 heterocycles. The zero-order chi connectivity index (χ0) is 16.0. The summed E-state index contributed by atoms with van der Waals surface area (Å²) in [6, 6.07) is -1.32. The van der Waals surface area contributed by atoms with Crippen molar-refractivity contribution < 1.29 is 24.6 Å². The third-order valence-corrected chi connectivity index (χ3v) is 3.40. The van der Waals surface area contributed by atoms with Crippen LogP contribution >= 0.6 is 11.8 Å². The summed E-state index contributed by atoms with van der Waals surface area (Å²) < 4.78 is 1.77. The standard InChI is InChI=1S/C11H16N4O5S/c1-6(2)15-5-12-14-11(15)21-4-8(16)13-7(10(19)20)3-9(17)18/h5-7H,3-4H2,1-2H3,(H,13,16)(H,17,18)(H,19,20). The first-order chi connectivity index (χ1) is 9.81. The molecule has 1 unspecified atom stereocenters. The van der Waals surface area contributed by atoms with E-state index < -0.39 is 30.3 Å². The number of aromatic nitrogens is 3. The highest BCUT2D eigenvalue weighted by molar-refractivity contribution is 7.99. The topological polar surface area (TPSA) is 134 Å². The van der Waals surface area contributed by atoms with E-state index >= 15 is 0 Å². The van der Waals surface area contributed by atoms with Gasteiger partial charge in [-0.3, -0.25) is 9.59 Å². The van der Waals surface area contributed by atoms with Gasteiger partial charge in [-0.2, -0.15) is 0 Å². The molecule has 0 aliphatic heterocycles. The predicted octanol–water partition coefficient (Wildman–Crippen LogP) is -0.00480. The Hall–Kier alpha value is -2.10. The molecule has 9 nitrogen and oxygen atoms in total. The number of aliphatic carboxylic acids is 2. The Morgan fingerprint density at radius 3 is 2.57 bits per heavy atom. The molecule has 1 atom stereocenters. The Morgan fingerprint density at radius 1 is 1.38 bits per heavy atom. The van der Waals surface area contributed by atoms with E-state index in [0.717, 1.165) is 11.8 Å². The highest BCUT2D eigenvalue weighted by Gasteiger charge is 2.23. The number of thioether (sulfide) groups is 1. The average molecular weight is 316 g/mol. The summed E-state index contributed by atoms with van der Waals surface area (Å²) in [5, 5.41) is 27.7. The van der Waals surface area contributed by atoms with Crippen LogP contribution in [0.4, 0.5) is 0 Å². The highest BCUT2D eigenvalue weighted by atomic mass is 32.2. The molecule has 0 radical (unpaired) electrons. The third-order valence-electron chi connectivity index (χ3n) is 2.44. The van der Waals surface area contributed by atoms with Crippen molar-refractivity contribution in [1.29, 1.82) is 0 Å². The van der Waals surface area contributed by atoms with Gasteiger partial charge in [0.15, 0.2) is 5.16 Å². The van der Waals surface area contributed by atoms with E-state index in [1.807, 2.05) is 13.8 Å². The fourth-order valence-electron chi connectivity index (χ4n) is 1.43. The number of carboxylic acid groups (broad SMARTS) is 2. The predicted molar refractivity (Wildman–Crippen MR) is 73.0 cm³/mol. The summed E-state index contributed by atoms with van der Waals surface area (Å²) >= 11 is 1.10. The molecule has 1 amide bonds. The minimum atomic E-state index is -1.45. The smallest absolute Gasteiger partial charge is 0.326 e. The van der Waals surface area contributed by atoms with Crippen LogP contribution in [0.1, 0.15) is 26.3 Å². The molecule has 0 aliphatic rings. The molecule has 0 saturated heterocycles. The van der Waals surface area contributed by atoms with Crippen LogP contribution in [-0.2, 0) is 14.4 Å². The largest absolute Gasteiger partial charge is 0.481 e. The second kappa shape index (κ2) is 7.62. The maximum atomic E-state index is 11.7. The van der Waals surface area contributed by atoms with E-state index in [4.69, 9.17) is 10.2 Å². The lowest BCUT2D eigenvalue weighted by molar-refractivity contribution is -0.147. The third kappa shape index (κ3) is 5.42. The minimum absolute atomic E-state index is 0.0746. The molecule has 0 bridgehead atoms. The summed E-state index contributed by atoms with van der Waals surface area (Å²) in [6.07, 6.45) is 0.864. The van der Waals surface area contributed by atoms with E-state index in [0.29, 0.717) is 5.16 Å². The monoisotopic (exact) mass is 316 g/mol. The van der Waals surface area contributed by atoms with Gasteiger partial charge in [0.25, 0.3) is 0 Å². The van der Waals surface area contributed by atoms with Crippen molar-refractivity contribution in [3.63, 3.8) is 0 Å². The van der Waals surface area contributed by atoms with E-state index in [1.54, 1.807) is 4.57 Å².